The van der Waals surface area contributed by atoms with Crippen LogP contribution in [-0.2, 0) is 20.8 Å². The molecule has 0 fully saturated rings. The number of benzene rings is 2. The van der Waals surface area contributed by atoms with E-state index >= 15 is 0 Å². The molecule has 3 aromatic rings. The van der Waals surface area contributed by atoms with Crippen molar-refractivity contribution in [2.24, 2.45) is 4.99 Å². The van der Waals surface area contributed by atoms with Crippen molar-refractivity contribution in [2.75, 3.05) is 19.8 Å². The van der Waals surface area contributed by atoms with E-state index < -0.39 is 0 Å². The highest BCUT2D eigenvalue weighted by Gasteiger charge is 2.12. The molecular weight excluding hydrogens is 400 g/mol. The summed E-state index contributed by atoms with van der Waals surface area (Å²) < 4.78 is 13.4. The number of hydrogen-bond acceptors (Lipinski definition) is 5. The standard InChI is InChI=1S/C23H24N2O4S/c1-3-28-15-14-25-19-12-11-18(22(27)29-4-2)16-20(19)30-23(25)24-21(26)13-10-17-8-6-5-7-9-17/h5-13,16H,3-4,14-15H2,1-2H3. The van der Waals surface area contributed by atoms with E-state index in [1.165, 1.54) is 17.4 Å². The van der Waals surface area contributed by atoms with E-state index in [2.05, 4.69) is 4.99 Å². The van der Waals surface area contributed by atoms with E-state index in [1.54, 1.807) is 25.1 Å². The third-order valence-corrected chi connectivity index (χ3v) is 5.32. The van der Waals surface area contributed by atoms with Crippen LogP contribution in [0.25, 0.3) is 16.3 Å². The molecule has 6 nitrogen and oxygen atoms in total. The Morgan fingerprint density at radius 3 is 2.63 bits per heavy atom. The molecule has 2 aromatic carbocycles. The summed E-state index contributed by atoms with van der Waals surface area (Å²) in [5.41, 5.74) is 2.30. The number of esters is 1. The zero-order chi connectivity index (χ0) is 21.3. The SMILES string of the molecule is CCOCCn1c(=NC(=O)C=Cc2ccccc2)sc2cc(C(=O)OCC)ccc21. The fourth-order valence-corrected chi connectivity index (χ4v) is 3.98. The first-order valence-corrected chi connectivity index (χ1v) is 10.6. The highest BCUT2D eigenvalue weighted by Crippen LogP contribution is 2.20. The summed E-state index contributed by atoms with van der Waals surface area (Å²) in [6, 6.07) is 14.9. The van der Waals surface area contributed by atoms with Gasteiger partial charge in [0.15, 0.2) is 4.80 Å². The number of thiazole rings is 1. The maximum atomic E-state index is 12.4. The second kappa shape index (κ2) is 10.7. The molecule has 156 valence electrons. The summed E-state index contributed by atoms with van der Waals surface area (Å²) in [4.78, 5) is 29.3. The molecule has 0 aliphatic carbocycles. The molecule has 30 heavy (non-hydrogen) atoms. The minimum Gasteiger partial charge on any atom is -0.462 e. The Morgan fingerprint density at radius 2 is 1.90 bits per heavy atom. The van der Waals surface area contributed by atoms with Crippen LogP contribution in [0.15, 0.2) is 59.6 Å². The second-order valence-corrected chi connectivity index (χ2v) is 7.34. The average Bonchev–Trinajstić information content (AvgIpc) is 3.09. The van der Waals surface area contributed by atoms with E-state index in [0.29, 0.717) is 36.7 Å². The van der Waals surface area contributed by atoms with Crippen molar-refractivity contribution in [3.8, 4) is 0 Å². The zero-order valence-electron chi connectivity index (χ0n) is 17.0. The Morgan fingerprint density at radius 1 is 1.10 bits per heavy atom. The first-order chi connectivity index (χ1) is 14.6. The van der Waals surface area contributed by atoms with E-state index in [1.807, 2.05) is 47.9 Å². The number of rotatable bonds is 8. The van der Waals surface area contributed by atoms with Gasteiger partial charge in [-0.2, -0.15) is 4.99 Å². The fourth-order valence-electron chi connectivity index (χ4n) is 2.88. The van der Waals surface area contributed by atoms with E-state index in [4.69, 9.17) is 9.47 Å². The summed E-state index contributed by atoms with van der Waals surface area (Å²) in [5.74, 6) is -0.713. The van der Waals surface area contributed by atoms with Crippen LogP contribution in [0.5, 0.6) is 0 Å². The number of nitrogens with zero attached hydrogens (tertiary/aromatic N) is 2. The van der Waals surface area contributed by atoms with Gasteiger partial charge in [0.2, 0.25) is 0 Å². The Labute approximate surface area is 179 Å². The number of hydrogen-bond donors (Lipinski definition) is 0. The van der Waals surface area contributed by atoms with Crippen LogP contribution in [0.1, 0.15) is 29.8 Å². The van der Waals surface area contributed by atoms with Crippen molar-refractivity contribution in [2.45, 2.75) is 20.4 Å². The molecule has 7 heteroatoms. The highest BCUT2D eigenvalue weighted by atomic mass is 32.1. The Bertz CT molecular complexity index is 1110. The number of fused-ring (bicyclic) bond motifs is 1. The van der Waals surface area contributed by atoms with Gasteiger partial charge in [0, 0.05) is 19.2 Å². The van der Waals surface area contributed by atoms with Crippen LogP contribution in [0, 0.1) is 0 Å². The monoisotopic (exact) mass is 424 g/mol. The Balaban J connectivity index is 1.96. The molecule has 0 atom stereocenters. The lowest BCUT2D eigenvalue weighted by Gasteiger charge is -2.06. The van der Waals surface area contributed by atoms with Crippen molar-refractivity contribution in [3.05, 3.63) is 70.5 Å². The molecule has 0 saturated heterocycles. The van der Waals surface area contributed by atoms with Crippen LogP contribution in [0.2, 0.25) is 0 Å². The molecule has 1 amide bonds. The molecule has 1 heterocycles. The lowest BCUT2D eigenvalue weighted by Crippen LogP contribution is -2.19. The van der Waals surface area contributed by atoms with Gasteiger partial charge in [-0.3, -0.25) is 4.79 Å². The third kappa shape index (κ3) is 5.52. The minimum absolute atomic E-state index is 0.318. The summed E-state index contributed by atoms with van der Waals surface area (Å²) in [5, 5.41) is 0. The van der Waals surface area contributed by atoms with Gasteiger partial charge in [-0.15, -0.1) is 0 Å². The topological polar surface area (TPSA) is 69.9 Å². The number of amides is 1. The molecule has 0 aliphatic heterocycles. The first kappa shape index (κ1) is 21.7. The summed E-state index contributed by atoms with van der Waals surface area (Å²) in [6.07, 6.45) is 3.19. The van der Waals surface area contributed by atoms with E-state index in [0.717, 1.165) is 15.8 Å². The molecule has 0 bridgehead atoms. The van der Waals surface area contributed by atoms with Gasteiger partial charge in [-0.05, 0) is 43.7 Å². The lowest BCUT2D eigenvalue weighted by atomic mass is 10.2. The zero-order valence-corrected chi connectivity index (χ0v) is 17.9. The highest BCUT2D eigenvalue weighted by molar-refractivity contribution is 7.16. The molecule has 0 spiro atoms. The molecule has 0 radical (unpaired) electrons. The number of ether oxygens (including phenoxy) is 2. The minimum atomic E-state index is -0.367. The largest absolute Gasteiger partial charge is 0.462 e. The molecule has 0 aliphatic rings. The quantitative estimate of drug-likeness (QED) is 0.311. The molecule has 1 aromatic heterocycles. The van der Waals surface area contributed by atoms with E-state index in [9.17, 15) is 9.59 Å². The number of carbonyl (C=O) groups is 2. The van der Waals surface area contributed by atoms with Gasteiger partial charge in [0.05, 0.1) is 29.0 Å². The van der Waals surface area contributed by atoms with Crippen LogP contribution in [-0.4, -0.2) is 36.3 Å². The van der Waals surface area contributed by atoms with Crippen molar-refractivity contribution in [1.82, 2.24) is 4.57 Å². The maximum absolute atomic E-state index is 12.4. The van der Waals surface area contributed by atoms with Crippen molar-refractivity contribution >= 4 is 39.5 Å². The lowest BCUT2D eigenvalue weighted by molar-refractivity contribution is -0.113. The van der Waals surface area contributed by atoms with Crippen molar-refractivity contribution < 1.29 is 19.1 Å². The summed E-state index contributed by atoms with van der Waals surface area (Å²) >= 11 is 1.36. The van der Waals surface area contributed by atoms with Gasteiger partial charge >= 0.3 is 5.97 Å². The smallest absolute Gasteiger partial charge is 0.338 e. The van der Waals surface area contributed by atoms with Gasteiger partial charge in [0.25, 0.3) is 5.91 Å². The second-order valence-electron chi connectivity index (χ2n) is 6.33. The third-order valence-electron chi connectivity index (χ3n) is 4.28. The van der Waals surface area contributed by atoms with Crippen LogP contribution >= 0.6 is 11.3 Å². The molecule has 0 unspecified atom stereocenters. The molecule has 0 saturated carbocycles. The van der Waals surface area contributed by atoms with Gasteiger partial charge in [0.1, 0.15) is 0 Å². The fraction of sp³-hybridized carbons (Fsp3) is 0.261. The van der Waals surface area contributed by atoms with Crippen LogP contribution < -0.4 is 4.80 Å². The molecule has 0 N–H and O–H groups in total. The molecule has 3 rings (SSSR count). The predicted molar refractivity (Wildman–Crippen MR) is 118 cm³/mol. The van der Waals surface area contributed by atoms with Crippen LogP contribution in [0.4, 0.5) is 0 Å². The first-order valence-electron chi connectivity index (χ1n) is 9.82. The summed E-state index contributed by atoms with van der Waals surface area (Å²) in [7, 11) is 0. The number of carbonyl (C=O) groups excluding carboxylic acids is 2. The Kier molecular flexibility index (Phi) is 7.70. The van der Waals surface area contributed by atoms with Gasteiger partial charge in [-0.25, -0.2) is 4.79 Å². The normalized spacial score (nSPS) is 12.0. The number of aromatic nitrogens is 1. The van der Waals surface area contributed by atoms with E-state index in [-0.39, 0.29) is 11.9 Å². The molecular formula is C23H24N2O4S. The predicted octanol–water partition coefficient (Wildman–Crippen LogP) is 4.06. The van der Waals surface area contributed by atoms with Gasteiger partial charge < -0.3 is 14.0 Å². The van der Waals surface area contributed by atoms with Crippen molar-refractivity contribution in [1.29, 1.82) is 0 Å². The average molecular weight is 425 g/mol. The van der Waals surface area contributed by atoms with Crippen LogP contribution in [0.3, 0.4) is 0 Å². The summed E-state index contributed by atoms with van der Waals surface area (Å²) in [6.45, 7) is 5.70. The van der Waals surface area contributed by atoms with Crippen molar-refractivity contribution in [3.63, 3.8) is 0 Å². The van der Waals surface area contributed by atoms with Gasteiger partial charge in [-0.1, -0.05) is 41.7 Å². The Hall–Kier alpha value is -3.03. The maximum Gasteiger partial charge on any atom is 0.338 e.